The van der Waals surface area contributed by atoms with Gasteiger partial charge in [-0.25, -0.2) is 0 Å². The summed E-state index contributed by atoms with van der Waals surface area (Å²) < 4.78 is 145. The fraction of sp³-hybridized carbons (Fsp3) is 0.429. The number of hydrogen-bond acceptors (Lipinski definition) is 4. The summed E-state index contributed by atoms with van der Waals surface area (Å²) in [5.74, 6) is -1.90. The maximum absolute atomic E-state index is 10.8. The van der Waals surface area contributed by atoms with E-state index < -0.39 is 103 Å². The minimum Gasteiger partial charge on any atom is -0.493 e. The van der Waals surface area contributed by atoms with Crippen molar-refractivity contribution in [2.45, 2.75) is 38.5 Å². The number of methoxy groups -OCH3 is 2. The largest absolute Gasteiger partial charge is 0.493 e. The Balaban J connectivity index is 2.61. The van der Waals surface area contributed by atoms with Gasteiger partial charge in [-0.1, -0.05) is 24.5 Å². The van der Waals surface area contributed by atoms with Crippen molar-refractivity contribution >= 4 is 0 Å². The standard InChI is InChI=1S/C21H28O4/c1-16-7-6-10-19(13-16)25-15-18(22)9-5-4-8-17-11-12-20(23-2)21(14-17)24-3/h6-7,10-14,18,22H,4-5,8-9,15H2,1-3H3/i4D2,6D,7D,8D2,9D2,10D,11D,12D,13D,14D,15D2,18D. The Labute approximate surface area is 172 Å². The molecular formula is C21H28O4. The average Bonchev–Trinajstić information content (AvgIpc) is 2.85. The van der Waals surface area contributed by atoms with E-state index in [9.17, 15) is 5.11 Å². The van der Waals surface area contributed by atoms with Crippen molar-refractivity contribution in [1.29, 1.82) is 0 Å². The van der Waals surface area contributed by atoms with E-state index in [1.165, 1.54) is 6.92 Å². The van der Waals surface area contributed by atoms with Gasteiger partial charge in [-0.05, 0) is 61.3 Å². The van der Waals surface area contributed by atoms with Gasteiger partial charge in [-0.3, -0.25) is 0 Å². The molecule has 0 aromatic heterocycles. The van der Waals surface area contributed by atoms with E-state index in [-0.39, 0.29) is 5.56 Å². The molecule has 0 bridgehead atoms. The van der Waals surface area contributed by atoms with Gasteiger partial charge in [0.05, 0.1) is 34.0 Å². The smallest absolute Gasteiger partial charge is 0.160 e. The van der Waals surface area contributed by atoms with Crippen LogP contribution in [0.3, 0.4) is 0 Å². The highest BCUT2D eigenvalue weighted by Crippen LogP contribution is 2.28. The summed E-state index contributed by atoms with van der Waals surface area (Å²) in [4.78, 5) is 0. The third-order valence-electron chi connectivity index (χ3n) is 2.69. The van der Waals surface area contributed by atoms with Crippen LogP contribution in [-0.2, 0) is 6.37 Å². The zero-order valence-electron chi connectivity index (χ0n) is 29.9. The van der Waals surface area contributed by atoms with Gasteiger partial charge >= 0.3 is 0 Å². The zero-order valence-corrected chi connectivity index (χ0v) is 13.9. The lowest BCUT2D eigenvalue weighted by molar-refractivity contribution is 0.0976. The normalized spacial score (nSPS) is 24.6. The van der Waals surface area contributed by atoms with Gasteiger partial charge < -0.3 is 19.3 Å². The van der Waals surface area contributed by atoms with Crippen LogP contribution in [0.2, 0.25) is 0 Å². The first-order valence-corrected chi connectivity index (χ1v) is 7.06. The highest BCUT2D eigenvalue weighted by atomic mass is 16.5. The number of ether oxygens (including phenoxy) is 3. The van der Waals surface area contributed by atoms with E-state index in [2.05, 4.69) is 0 Å². The maximum atomic E-state index is 10.8. The first-order chi connectivity index (χ1) is 18.4. The van der Waals surface area contributed by atoms with Crippen molar-refractivity contribution in [3.8, 4) is 17.2 Å². The van der Waals surface area contributed by atoms with Crippen LogP contribution in [0.25, 0.3) is 0 Å². The molecule has 0 aliphatic rings. The molecule has 0 spiro atoms. The molecule has 0 aliphatic carbocycles. The van der Waals surface area contributed by atoms with Crippen LogP contribution >= 0.6 is 0 Å². The van der Waals surface area contributed by atoms with Crippen molar-refractivity contribution in [3.05, 3.63) is 53.4 Å². The number of aliphatic hydroxyl groups is 1. The van der Waals surface area contributed by atoms with Gasteiger partial charge in [-0.15, -0.1) is 0 Å². The molecule has 0 aliphatic heterocycles. The molecule has 0 radical (unpaired) electrons. The van der Waals surface area contributed by atoms with Crippen LogP contribution in [0.5, 0.6) is 17.2 Å². The molecule has 136 valence electrons. The number of benzene rings is 2. The molecule has 0 fully saturated rings. The topological polar surface area (TPSA) is 47.9 Å². The van der Waals surface area contributed by atoms with Gasteiger partial charge in [0.2, 0.25) is 0 Å². The summed E-state index contributed by atoms with van der Waals surface area (Å²) in [6, 6.07) is -5.63. The quantitative estimate of drug-likeness (QED) is 0.691. The van der Waals surface area contributed by atoms with E-state index >= 15 is 0 Å². The minimum absolute atomic E-state index is 0.209. The van der Waals surface area contributed by atoms with Gasteiger partial charge in [0, 0.05) is 8.22 Å². The summed E-state index contributed by atoms with van der Waals surface area (Å²) in [7, 11) is 2.16. The second-order valence-electron chi connectivity index (χ2n) is 4.48. The number of hydrogen-bond donors (Lipinski definition) is 1. The second-order valence-corrected chi connectivity index (χ2v) is 4.48. The lowest BCUT2D eigenvalue weighted by Gasteiger charge is -2.13. The summed E-state index contributed by atoms with van der Waals surface area (Å²) in [5.41, 5.74) is -1.24. The molecule has 2 rings (SSSR count). The Bertz CT molecular complexity index is 1310. The average molecular weight is 361 g/mol. The Morgan fingerprint density at radius 2 is 1.96 bits per heavy atom. The monoisotopic (exact) mass is 360 g/mol. The molecule has 4 nitrogen and oxygen atoms in total. The van der Waals surface area contributed by atoms with Crippen molar-refractivity contribution in [2.24, 2.45) is 0 Å². The third-order valence-corrected chi connectivity index (χ3v) is 2.69. The molecule has 0 heterocycles. The van der Waals surface area contributed by atoms with Crippen molar-refractivity contribution < 1.29 is 41.2 Å². The highest BCUT2D eigenvalue weighted by Gasteiger charge is 2.07. The summed E-state index contributed by atoms with van der Waals surface area (Å²) in [6.07, 6.45) is -16.5. The van der Waals surface area contributed by atoms with Crippen molar-refractivity contribution in [3.63, 3.8) is 0 Å². The molecule has 25 heavy (non-hydrogen) atoms. The van der Waals surface area contributed by atoms with Crippen LogP contribution in [0.15, 0.2) is 42.3 Å². The molecule has 2 aromatic rings. The fourth-order valence-corrected chi connectivity index (χ4v) is 1.59. The Kier molecular flexibility index (Phi) is 2.72. The summed E-state index contributed by atoms with van der Waals surface area (Å²) in [5, 5.41) is 10.8. The van der Waals surface area contributed by atoms with E-state index in [1.54, 1.807) is 0 Å². The fourth-order valence-electron chi connectivity index (χ4n) is 1.59. The molecule has 0 amide bonds. The highest BCUT2D eigenvalue weighted by molar-refractivity contribution is 5.42. The minimum atomic E-state index is -4.05. The van der Waals surface area contributed by atoms with Crippen LogP contribution in [0.4, 0.5) is 0 Å². The van der Waals surface area contributed by atoms with E-state index in [4.69, 9.17) is 36.1 Å². The van der Waals surface area contributed by atoms with Gasteiger partial charge in [0.15, 0.2) is 11.5 Å². The van der Waals surface area contributed by atoms with Crippen LogP contribution < -0.4 is 14.2 Å². The first-order valence-electron chi connectivity index (χ1n) is 15.1. The van der Waals surface area contributed by atoms with E-state index in [1.807, 2.05) is 0 Å². The van der Waals surface area contributed by atoms with Gasteiger partial charge in [-0.2, -0.15) is 0 Å². The van der Waals surface area contributed by atoms with Gasteiger partial charge in [0.1, 0.15) is 12.3 Å². The maximum Gasteiger partial charge on any atom is 0.160 e. The lowest BCUT2D eigenvalue weighted by atomic mass is 10.0. The van der Waals surface area contributed by atoms with Crippen molar-refractivity contribution in [1.82, 2.24) is 0 Å². The lowest BCUT2D eigenvalue weighted by Crippen LogP contribution is -2.17. The van der Waals surface area contributed by atoms with Gasteiger partial charge in [0.25, 0.3) is 0 Å². The molecular weight excluding hydrogens is 316 g/mol. The molecule has 1 atom stereocenters. The van der Waals surface area contributed by atoms with Crippen LogP contribution in [-0.4, -0.2) is 32.0 Å². The zero-order chi connectivity index (χ0) is 32.3. The summed E-state index contributed by atoms with van der Waals surface area (Å²) in [6.45, 7) is -2.64. The molecule has 0 saturated carbocycles. The Hall–Kier alpha value is -2.20. The molecule has 0 saturated heterocycles. The Morgan fingerprint density at radius 3 is 2.72 bits per heavy atom. The van der Waals surface area contributed by atoms with Crippen LogP contribution in [0.1, 0.15) is 52.2 Å². The van der Waals surface area contributed by atoms with E-state index in [0.717, 1.165) is 14.2 Å². The molecule has 1 N–H and O–H groups in total. The summed E-state index contributed by atoms with van der Waals surface area (Å²) >= 11 is 0. The molecule has 2 aromatic carbocycles. The Morgan fingerprint density at radius 1 is 1.16 bits per heavy atom. The van der Waals surface area contributed by atoms with E-state index in [0.29, 0.717) is 0 Å². The predicted octanol–water partition coefficient (Wildman–Crippen LogP) is 4.16. The second kappa shape index (κ2) is 9.94. The van der Waals surface area contributed by atoms with Crippen molar-refractivity contribution in [2.75, 3.05) is 20.8 Å². The predicted molar refractivity (Wildman–Crippen MR) is 99.8 cm³/mol. The molecule has 4 heteroatoms. The SMILES string of the molecule is [2H]c1c([2H])c(C)c([2H])c(OC([2H])([2H])C([2H])(O)C([2H])([2H])CC([2H])([2H])C([2H])([2H])c2c([2H])c([2H])c(OC)c(OC)c2[2H])c1[2H]. The third kappa shape index (κ3) is 6.31. The number of rotatable bonds is 10. The molecule has 1 unspecified atom stereocenters. The first kappa shape index (κ1) is 6.84. The van der Waals surface area contributed by atoms with Crippen LogP contribution in [0, 0.1) is 6.92 Å².